The predicted molar refractivity (Wildman–Crippen MR) is 135 cm³/mol. The standard InChI is InChI=1S/C22H33N5S.HI/c1-4-23-22(25-15-21-26-17(2)18(3)28-21)24-14-20-11-13-27(16-20)12-10-19-8-6-5-7-9-19;/h5-9,20H,4,10-16H2,1-3H3,(H2,23,24,25);1H. The molecule has 0 spiro atoms. The molecule has 0 aliphatic carbocycles. The summed E-state index contributed by atoms with van der Waals surface area (Å²) in [5.41, 5.74) is 2.55. The third kappa shape index (κ3) is 7.86. The van der Waals surface area contributed by atoms with Crippen LogP contribution < -0.4 is 10.6 Å². The molecule has 3 rings (SSSR count). The number of rotatable bonds is 8. The van der Waals surface area contributed by atoms with Gasteiger partial charge in [0.1, 0.15) is 5.01 Å². The highest BCUT2D eigenvalue weighted by molar-refractivity contribution is 14.0. The smallest absolute Gasteiger partial charge is 0.191 e. The molecular formula is C22H34IN5S. The van der Waals surface area contributed by atoms with Gasteiger partial charge in [-0.25, -0.2) is 9.98 Å². The van der Waals surface area contributed by atoms with Crippen molar-refractivity contribution in [3.8, 4) is 0 Å². The summed E-state index contributed by atoms with van der Waals surface area (Å²) in [6.07, 6.45) is 2.39. The number of hydrogen-bond donors (Lipinski definition) is 2. The monoisotopic (exact) mass is 527 g/mol. The van der Waals surface area contributed by atoms with E-state index in [0.717, 1.165) is 42.7 Å². The average molecular weight is 528 g/mol. The van der Waals surface area contributed by atoms with E-state index in [1.165, 1.54) is 30.0 Å². The molecule has 160 valence electrons. The largest absolute Gasteiger partial charge is 0.357 e. The third-order valence-electron chi connectivity index (χ3n) is 5.28. The second-order valence-electron chi connectivity index (χ2n) is 7.52. The lowest BCUT2D eigenvalue weighted by atomic mass is 10.1. The summed E-state index contributed by atoms with van der Waals surface area (Å²) in [5, 5.41) is 7.98. The van der Waals surface area contributed by atoms with Gasteiger partial charge >= 0.3 is 0 Å². The molecule has 1 saturated heterocycles. The van der Waals surface area contributed by atoms with Gasteiger partial charge in [-0.3, -0.25) is 0 Å². The second-order valence-corrected chi connectivity index (χ2v) is 8.80. The lowest BCUT2D eigenvalue weighted by Crippen LogP contribution is -2.40. The first-order valence-electron chi connectivity index (χ1n) is 10.4. The van der Waals surface area contributed by atoms with Crippen molar-refractivity contribution < 1.29 is 0 Å². The number of likely N-dealkylation sites (tertiary alicyclic amines) is 1. The van der Waals surface area contributed by atoms with Crippen LogP contribution in [-0.4, -0.2) is 48.6 Å². The molecule has 0 saturated carbocycles. The van der Waals surface area contributed by atoms with Crippen LogP contribution in [0.5, 0.6) is 0 Å². The Bertz CT molecular complexity index is 742. The van der Waals surface area contributed by atoms with Crippen LogP contribution in [0.2, 0.25) is 0 Å². The van der Waals surface area contributed by atoms with Crippen LogP contribution in [0.3, 0.4) is 0 Å². The number of aryl methyl sites for hydroxylation is 2. The highest BCUT2D eigenvalue weighted by atomic mass is 127. The van der Waals surface area contributed by atoms with E-state index in [2.05, 4.69) is 71.6 Å². The number of hydrogen-bond acceptors (Lipinski definition) is 4. The maximum atomic E-state index is 4.72. The maximum absolute atomic E-state index is 4.72. The summed E-state index contributed by atoms with van der Waals surface area (Å²) in [4.78, 5) is 13.2. The highest BCUT2D eigenvalue weighted by Gasteiger charge is 2.22. The first kappa shape index (κ1) is 24.1. The van der Waals surface area contributed by atoms with E-state index in [4.69, 9.17) is 4.99 Å². The van der Waals surface area contributed by atoms with E-state index in [1.54, 1.807) is 11.3 Å². The minimum absolute atomic E-state index is 0. The minimum Gasteiger partial charge on any atom is -0.357 e. The number of aromatic nitrogens is 1. The summed E-state index contributed by atoms with van der Waals surface area (Å²) >= 11 is 1.74. The van der Waals surface area contributed by atoms with Gasteiger partial charge in [0, 0.05) is 31.1 Å². The third-order valence-corrected chi connectivity index (χ3v) is 6.33. The molecule has 1 aromatic heterocycles. The van der Waals surface area contributed by atoms with Crippen molar-refractivity contribution in [3.63, 3.8) is 0 Å². The molecule has 1 aromatic carbocycles. The van der Waals surface area contributed by atoms with Gasteiger partial charge in [0.25, 0.3) is 0 Å². The zero-order valence-corrected chi connectivity index (χ0v) is 20.9. The minimum atomic E-state index is 0. The Morgan fingerprint density at radius 2 is 2.03 bits per heavy atom. The van der Waals surface area contributed by atoms with Crippen LogP contribution in [0, 0.1) is 19.8 Å². The predicted octanol–water partition coefficient (Wildman–Crippen LogP) is 4.00. The van der Waals surface area contributed by atoms with E-state index in [1.807, 2.05) is 0 Å². The zero-order chi connectivity index (χ0) is 19.8. The van der Waals surface area contributed by atoms with Gasteiger partial charge in [-0.15, -0.1) is 35.3 Å². The second kappa shape index (κ2) is 12.5. The van der Waals surface area contributed by atoms with Crippen molar-refractivity contribution in [2.45, 2.75) is 40.2 Å². The van der Waals surface area contributed by atoms with Crippen molar-refractivity contribution in [2.24, 2.45) is 10.9 Å². The van der Waals surface area contributed by atoms with E-state index in [-0.39, 0.29) is 24.0 Å². The Balaban J connectivity index is 0.00000300. The topological polar surface area (TPSA) is 52.6 Å². The summed E-state index contributed by atoms with van der Waals surface area (Å²) in [6.45, 7) is 12.3. The lowest BCUT2D eigenvalue weighted by Gasteiger charge is -2.17. The van der Waals surface area contributed by atoms with Gasteiger partial charge in [-0.05, 0) is 51.6 Å². The van der Waals surface area contributed by atoms with Crippen LogP contribution in [0.1, 0.15) is 34.5 Å². The SMILES string of the molecule is CCNC(=NCc1nc(C)c(C)s1)NCC1CCN(CCc2ccccc2)C1.I. The molecule has 1 fully saturated rings. The van der Waals surface area contributed by atoms with Gasteiger partial charge < -0.3 is 15.5 Å². The Morgan fingerprint density at radius 3 is 2.72 bits per heavy atom. The van der Waals surface area contributed by atoms with Crippen LogP contribution in [-0.2, 0) is 13.0 Å². The van der Waals surface area contributed by atoms with E-state index < -0.39 is 0 Å². The molecule has 2 heterocycles. The molecule has 1 atom stereocenters. The van der Waals surface area contributed by atoms with Crippen LogP contribution in [0.25, 0.3) is 0 Å². The molecule has 0 amide bonds. The number of guanidine groups is 1. The number of nitrogens with zero attached hydrogens (tertiary/aromatic N) is 3. The van der Waals surface area contributed by atoms with E-state index >= 15 is 0 Å². The molecule has 1 unspecified atom stereocenters. The fourth-order valence-electron chi connectivity index (χ4n) is 3.55. The first-order chi connectivity index (χ1) is 13.6. The van der Waals surface area contributed by atoms with Gasteiger partial charge in [-0.2, -0.15) is 0 Å². The quantitative estimate of drug-likeness (QED) is 0.310. The molecule has 2 N–H and O–H groups in total. The molecule has 29 heavy (non-hydrogen) atoms. The Morgan fingerprint density at radius 1 is 1.24 bits per heavy atom. The van der Waals surface area contributed by atoms with Crippen LogP contribution >= 0.6 is 35.3 Å². The summed E-state index contributed by atoms with van der Waals surface area (Å²) in [7, 11) is 0. The highest BCUT2D eigenvalue weighted by Crippen LogP contribution is 2.17. The molecule has 1 aliphatic rings. The fraction of sp³-hybridized carbons (Fsp3) is 0.545. The molecule has 0 radical (unpaired) electrons. The average Bonchev–Trinajstić information content (AvgIpc) is 3.29. The number of aliphatic imine (C=N–C) groups is 1. The fourth-order valence-corrected chi connectivity index (χ4v) is 4.41. The van der Waals surface area contributed by atoms with Crippen molar-refractivity contribution in [1.82, 2.24) is 20.5 Å². The summed E-state index contributed by atoms with van der Waals surface area (Å²) < 4.78 is 0. The molecular weight excluding hydrogens is 493 g/mol. The van der Waals surface area contributed by atoms with Gasteiger partial charge in [-0.1, -0.05) is 30.3 Å². The normalized spacial score (nSPS) is 17.2. The van der Waals surface area contributed by atoms with Gasteiger partial charge in [0.05, 0.1) is 12.2 Å². The number of thiazole rings is 1. The van der Waals surface area contributed by atoms with Crippen molar-refractivity contribution in [3.05, 3.63) is 51.5 Å². The Kier molecular flexibility index (Phi) is 10.4. The lowest BCUT2D eigenvalue weighted by molar-refractivity contribution is 0.328. The van der Waals surface area contributed by atoms with Gasteiger partial charge in [0.15, 0.2) is 5.96 Å². The summed E-state index contributed by atoms with van der Waals surface area (Å²) in [6, 6.07) is 10.8. The Labute approximate surface area is 196 Å². The van der Waals surface area contributed by atoms with Crippen LogP contribution in [0.4, 0.5) is 0 Å². The zero-order valence-electron chi connectivity index (χ0n) is 17.8. The number of nitrogens with one attached hydrogen (secondary N) is 2. The molecule has 1 aliphatic heterocycles. The van der Waals surface area contributed by atoms with Crippen LogP contribution in [0.15, 0.2) is 35.3 Å². The molecule has 7 heteroatoms. The maximum Gasteiger partial charge on any atom is 0.191 e. The summed E-state index contributed by atoms with van der Waals surface area (Å²) in [5.74, 6) is 1.58. The first-order valence-corrected chi connectivity index (χ1v) is 11.2. The molecule has 5 nitrogen and oxygen atoms in total. The van der Waals surface area contributed by atoms with Crippen molar-refractivity contribution in [2.75, 3.05) is 32.7 Å². The number of benzene rings is 1. The molecule has 2 aromatic rings. The molecule has 0 bridgehead atoms. The number of halogens is 1. The van der Waals surface area contributed by atoms with E-state index in [9.17, 15) is 0 Å². The van der Waals surface area contributed by atoms with Crippen molar-refractivity contribution >= 4 is 41.3 Å². The van der Waals surface area contributed by atoms with E-state index in [0.29, 0.717) is 12.5 Å². The van der Waals surface area contributed by atoms with Gasteiger partial charge in [0.2, 0.25) is 0 Å². The Hall–Kier alpha value is -1.19. The van der Waals surface area contributed by atoms with Crippen molar-refractivity contribution in [1.29, 1.82) is 0 Å².